The molecule has 3 rings (SSSR count). The first-order chi connectivity index (χ1) is 10.1. The smallest absolute Gasteiger partial charge is 0.143 e. The summed E-state index contributed by atoms with van der Waals surface area (Å²) in [5.74, 6) is -0.957. The maximum absolute atomic E-state index is 14.1. The molecular formula is C17H16BrF2N. The van der Waals surface area contributed by atoms with Crippen LogP contribution < -0.4 is 5.73 Å². The van der Waals surface area contributed by atoms with Crippen LogP contribution in [0.5, 0.6) is 0 Å². The lowest BCUT2D eigenvalue weighted by atomic mass is 9.77. The third-order valence-electron chi connectivity index (χ3n) is 4.31. The monoisotopic (exact) mass is 351 g/mol. The summed E-state index contributed by atoms with van der Waals surface area (Å²) >= 11 is 3.11. The van der Waals surface area contributed by atoms with E-state index in [1.807, 2.05) is 18.2 Å². The highest BCUT2D eigenvalue weighted by atomic mass is 79.9. The molecule has 2 atom stereocenters. The molecule has 0 heterocycles. The zero-order valence-corrected chi connectivity index (χ0v) is 13.0. The van der Waals surface area contributed by atoms with E-state index in [-0.39, 0.29) is 17.5 Å². The summed E-state index contributed by atoms with van der Waals surface area (Å²) in [6, 6.07) is 10.6. The second-order valence-electron chi connectivity index (χ2n) is 5.55. The summed E-state index contributed by atoms with van der Waals surface area (Å²) in [6.07, 6.45) is 2.09. The molecule has 21 heavy (non-hydrogen) atoms. The minimum atomic E-state index is -0.513. The van der Waals surface area contributed by atoms with Gasteiger partial charge in [0.25, 0.3) is 0 Å². The van der Waals surface area contributed by atoms with Crippen molar-refractivity contribution in [1.29, 1.82) is 0 Å². The van der Waals surface area contributed by atoms with Crippen molar-refractivity contribution in [2.45, 2.75) is 25.3 Å². The van der Waals surface area contributed by atoms with E-state index in [9.17, 15) is 8.78 Å². The lowest BCUT2D eigenvalue weighted by Crippen LogP contribution is -2.29. The summed E-state index contributed by atoms with van der Waals surface area (Å²) in [5, 5.41) is 0. The normalized spacial score (nSPS) is 21.1. The Bertz CT molecular complexity index is 672. The minimum absolute atomic E-state index is 0.0539. The van der Waals surface area contributed by atoms with Crippen molar-refractivity contribution in [2.24, 2.45) is 11.7 Å². The fourth-order valence-corrected chi connectivity index (χ4v) is 3.48. The van der Waals surface area contributed by atoms with Crippen LogP contribution in [0.2, 0.25) is 0 Å². The minimum Gasteiger partial charge on any atom is -0.324 e. The van der Waals surface area contributed by atoms with Crippen molar-refractivity contribution in [2.75, 3.05) is 0 Å². The van der Waals surface area contributed by atoms with Gasteiger partial charge < -0.3 is 5.73 Å². The van der Waals surface area contributed by atoms with Crippen LogP contribution in [0.1, 0.15) is 29.2 Å². The molecule has 4 heteroatoms. The van der Waals surface area contributed by atoms with Crippen LogP contribution in [0, 0.1) is 17.6 Å². The highest BCUT2D eigenvalue weighted by Crippen LogP contribution is 2.36. The fraction of sp³-hybridized carbons (Fsp3) is 0.294. The first-order valence-electron chi connectivity index (χ1n) is 7.03. The highest BCUT2D eigenvalue weighted by Gasteiger charge is 2.28. The van der Waals surface area contributed by atoms with E-state index < -0.39 is 11.6 Å². The Labute approximate surface area is 131 Å². The maximum Gasteiger partial charge on any atom is 0.143 e. The van der Waals surface area contributed by atoms with E-state index in [1.165, 1.54) is 17.7 Å². The van der Waals surface area contributed by atoms with Gasteiger partial charge in [0.2, 0.25) is 0 Å². The summed E-state index contributed by atoms with van der Waals surface area (Å²) in [4.78, 5) is 0. The molecule has 0 spiro atoms. The van der Waals surface area contributed by atoms with Gasteiger partial charge in [-0.25, -0.2) is 8.78 Å². The van der Waals surface area contributed by atoms with Crippen LogP contribution in [0.15, 0.2) is 40.9 Å². The molecule has 0 amide bonds. The van der Waals surface area contributed by atoms with Crippen molar-refractivity contribution in [3.05, 3.63) is 69.2 Å². The van der Waals surface area contributed by atoms with E-state index in [2.05, 4.69) is 22.0 Å². The first-order valence-corrected chi connectivity index (χ1v) is 7.83. The number of benzene rings is 2. The van der Waals surface area contributed by atoms with Gasteiger partial charge in [-0.1, -0.05) is 24.3 Å². The van der Waals surface area contributed by atoms with Gasteiger partial charge in [0.1, 0.15) is 11.6 Å². The van der Waals surface area contributed by atoms with Crippen LogP contribution in [-0.4, -0.2) is 0 Å². The third kappa shape index (κ3) is 2.74. The van der Waals surface area contributed by atoms with Gasteiger partial charge in [0.15, 0.2) is 0 Å². The van der Waals surface area contributed by atoms with Gasteiger partial charge in [-0.15, -0.1) is 0 Å². The van der Waals surface area contributed by atoms with Crippen LogP contribution in [-0.2, 0) is 12.8 Å². The topological polar surface area (TPSA) is 26.0 Å². The molecule has 2 aromatic rings. The number of nitrogens with two attached hydrogens (primary N) is 1. The molecule has 0 fully saturated rings. The van der Waals surface area contributed by atoms with E-state index in [4.69, 9.17) is 5.73 Å². The van der Waals surface area contributed by atoms with Crippen molar-refractivity contribution in [3.8, 4) is 0 Å². The molecular weight excluding hydrogens is 336 g/mol. The molecule has 110 valence electrons. The lowest BCUT2D eigenvalue weighted by Gasteiger charge is -2.31. The predicted molar refractivity (Wildman–Crippen MR) is 82.9 cm³/mol. The second kappa shape index (κ2) is 5.85. The number of halogens is 3. The number of hydrogen-bond donors (Lipinski definition) is 1. The number of hydrogen-bond acceptors (Lipinski definition) is 1. The summed E-state index contributed by atoms with van der Waals surface area (Å²) < 4.78 is 28.3. The Morgan fingerprint density at radius 3 is 2.71 bits per heavy atom. The zero-order valence-electron chi connectivity index (χ0n) is 11.5. The Morgan fingerprint density at radius 1 is 1.14 bits per heavy atom. The fourth-order valence-electron chi connectivity index (χ4n) is 3.11. The number of rotatable bonds is 2. The Morgan fingerprint density at radius 2 is 1.90 bits per heavy atom. The quantitative estimate of drug-likeness (QED) is 0.790. The summed E-state index contributed by atoms with van der Waals surface area (Å²) in [6.45, 7) is 0. The van der Waals surface area contributed by atoms with E-state index in [0.717, 1.165) is 18.4 Å². The van der Waals surface area contributed by atoms with Crippen molar-refractivity contribution in [1.82, 2.24) is 0 Å². The average Bonchev–Trinajstić information content (AvgIpc) is 2.50. The average molecular weight is 352 g/mol. The molecule has 0 radical (unpaired) electrons. The van der Waals surface area contributed by atoms with Crippen LogP contribution >= 0.6 is 15.9 Å². The SMILES string of the molecule is NC1c2ccccc2CCC1Cc1c(F)ccc(Br)c1F. The van der Waals surface area contributed by atoms with Gasteiger partial charge in [-0.05, 0) is 64.4 Å². The Balaban J connectivity index is 1.89. The maximum atomic E-state index is 14.1. The van der Waals surface area contributed by atoms with Crippen LogP contribution in [0.4, 0.5) is 8.78 Å². The summed E-state index contributed by atoms with van der Waals surface area (Å²) in [5.41, 5.74) is 8.80. The summed E-state index contributed by atoms with van der Waals surface area (Å²) in [7, 11) is 0. The van der Waals surface area contributed by atoms with E-state index >= 15 is 0 Å². The standard InChI is InChI=1S/C17H16BrF2N/c18-14-7-8-15(19)13(16(14)20)9-11-6-5-10-3-1-2-4-12(10)17(11)21/h1-4,7-8,11,17H,5-6,9,21H2. The Hall–Kier alpha value is -1.26. The molecule has 0 saturated heterocycles. The molecule has 0 bridgehead atoms. The molecule has 0 saturated carbocycles. The number of fused-ring (bicyclic) bond motifs is 1. The van der Waals surface area contributed by atoms with Crippen molar-refractivity contribution < 1.29 is 8.78 Å². The van der Waals surface area contributed by atoms with Crippen LogP contribution in [0.25, 0.3) is 0 Å². The highest BCUT2D eigenvalue weighted by molar-refractivity contribution is 9.10. The molecule has 2 N–H and O–H groups in total. The zero-order chi connectivity index (χ0) is 15.0. The van der Waals surface area contributed by atoms with Crippen LogP contribution in [0.3, 0.4) is 0 Å². The first kappa shape index (κ1) is 14.7. The predicted octanol–water partition coefficient (Wildman–Crippen LogP) is 4.53. The van der Waals surface area contributed by atoms with Gasteiger partial charge in [-0.3, -0.25) is 0 Å². The third-order valence-corrected chi connectivity index (χ3v) is 4.92. The van der Waals surface area contributed by atoms with Gasteiger partial charge >= 0.3 is 0 Å². The van der Waals surface area contributed by atoms with Crippen molar-refractivity contribution >= 4 is 15.9 Å². The van der Waals surface area contributed by atoms with E-state index in [0.29, 0.717) is 10.9 Å². The lowest BCUT2D eigenvalue weighted by molar-refractivity contribution is 0.365. The Kier molecular flexibility index (Phi) is 4.09. The van der Waals surface area contributed by atoms with Gasteiger partial charge in [0, 0.05) is 11.6 Å². The largest absolute Gasteiger partial charge is 0.324 e. The molecule has 2 aromatic carbocycles. The number of aryl methyl sites for hydroxylation is 1. The molecule has 2 unspecified atom stereocenters. The second-order valence-corrected chi connectivity index (χ2v) is 6.40. The van der Waals surface area contributed by atoms with Gasteiger partial charge in [-0.2, -0.15) is 0 Å². The van der Waals surface area contributed by atoms with E-state index in [1.54, 1.807) is 0 Å². The molecule has 0 aliphatic heterocycles. The molecule has 1 aliphatic carbocycles. The van der Waals surface area contributed by atoms with Crippen molar-refractivity contribution in [3.63, 3.8) is 0 Å². The molecule has 0 aromatic heterocycles. The molecule has 1 nitrogen and oxygen atoms in total. The van der Waals surface area contributed by atoms with Gasteiger partial charge in [0.05, 0.1) is 4.47 Å². The molecule has 1 aliphatic rings.